The summed E-state index contributed by atoms with van der Waals surface area (Å²) < 4.78 is 29.5. The van der Waals surface area contributed by atoms with Crippen LogP contribution in [0, 0.1) is 5.92 Å². The number of rotatable bonds is 4. The van der Waals surface area contributed by atoms with Crippen molar-refractivity contribution in [3.63, 3.8) is 0 Å². The van der Waals surface area contributed by atoms with Crippen molar-refractivity contribution in [2.45, 2.75) is 25.0 Å². The van der Waals surface area contributed by atoms with Crippen molar-refractivity contribution in [1.82, 2.24) is 4.31 Å². The van der Waals surface area contributed by atoms with Gasteiger partial charge in [-0.25, -0.2) is 12.7 Å². The molecule has 0 bridgehead atoms. The highest BCUT2D eigenvalue weighted by Gasteiger charge is 2.37. The second-order valence-corrected chi connectivity index (χ2v) is 6.48. The molecule has 1 atom stereocenters. The molecule has 1 heterocycles. The molecule has 1 rings (SSSR count). The van der Waals surface area contributed by atoms with Crippen LogP contribution in [-0.2, 0) is 24.3 Å². The Morgan fingerprint density at radius 3 is 2.22 bits per heavy atom. The van der Waals surface area contributed by atoms with Crippen LogP contribution in [0.15, 0.2) is 0 Å². The first-order valence-electron chi connectivity index (χ1n) is 5.60. The highest BCUT2D eigenvalue weighted by Crippen LogP contribution is 2.22. The molecule has 7 nitrogen and oxygen atoms in total. The minimum atomic E-state index is -3.84. The van der Waals surface area contributed by atoms with E-state index in [1.54, 1.807) is 0 Å². The fraction of sp³-hybridized carbons (Fsp3) is 0.800. The van der Waals surface area contributed by atoms with Gasteiger partial charge in [0.1, 0.15) is 0 Å². The van der Waals surface area contributed by atoms with Crippen molar-refractivity contribution in [3.8, 4) is 0 Å². The molecule has 0 aromatic carbocycles. The molecule has 0 spiro atoms. The third-order valence-corrected chi connectivity index (χ3v) is 5.32. The topological polar surface area (TPSA) is 101 Å². The monoisotopic (exact) mass is 279 g/mol. The van der Waals surface area contributed by atoms with E-state index < -0.39 is 21.2 Å². The minimum Gasteiger partial charge on any atom is -0.480 e. The van der Waals surface area contributed by atoms with Crippen molar-refractivity contribution in [2.24, 2.45) is 5.92 Å². The maximum absolute atomic E-state index is 11.9. The summed E-state index contributed by atoms with van der Waals surface area (Å²) in [5, 5.41) is 7.28. The van der Waals surface area contributed by atoms with E-state index in [1.165, 1.54) is 7.11 Å². The highest BCUT2D eigenvalue weighted by molar-refractivity contribution is 7.90. The Kier molecular flexibility index (Phi) is 4.69. The number of aliphatic carboxylic acids is 1. The lowest BCUT2D eigenvalue weighted by atomic mass is 9.99. The maximum Gasteiger partial charge on any atom is 0.323 e. The molecule has 1 N–H and O–H groups in total. The summed E-state index contributed by atoms with van der Waals surface area (Å²) in [6.45, 7) is 1.45. The van der Waals surface area contributed by atoms with Gasteiger partial charge in [-0.05, 0) is 19.8 Å². The summed E-state index contributed by atoms with van der Waals surface area (Å²) in [4.78, 5) is 22.0. The average Bonchev–Trinajstić information content (AvgIpc) is 2.36. The molecule has 1 aliphatic heterocycles. The standard InChI is InChI=1S/C10H17NO6S/c1-7(9(12)13)18(15,16)11-5-3-8(4-6-11)10(14)17-2/h7-8H,3-6H2,1-2H3,(H,12,13). The van der Waals surface area contributed by atoms with Crippen molar-refractivity contribution >= 4 is 22.0 Å². The number of carbonyl (C=O) groups excluding carboxylic acids is 1. The zero-order valence-electron chi connectivity index (χ0n) is 10.3. The van der Waals surface area contributed by atoms with Crippen LogP contribution in [0.1, 0.15) is 19.8 Å². The number of sulfonamides is 1. The van der Waals surface area contributed by atoms with E-state index in [4.69, 9.17) is 5.11 Å². The van der Waals surface area contributed by atoms with Crippen molar-refractivity contribution in [1.29, 1.82) is 0 Å². The van der Waals surface area contributed by atoms with Gasteiger partial charge >= 0.3 is 11.9 Å². The molecule has 0 amide bonds. The lowest BCUT2D eigenvalue weighted by molar-refractivity contribution is -0.146. The molecule has 1 aliphatic rings. The van der Waals surface area contributed by atoms with Crippen LogP contribution in [0.4, 0.5) is 0 Å². The van der Waals surface area contributed by atoms with Gasteiger partial charge in [0.05, 0.1) is 13.0 Å². The van der Waals surface area contributed by atoms with Gasteiger partial charge in [-0.15, -0.1) is 0 Å². The average molecular weight is 279 g/mol. The lowest BCUT2D eigenvalue weighted by Crippen LogP contribution is -2.46. The quantitative estimate of drug-likeness (QED) is 0.707. The number of carbonyl (C=O) groups is 2. The number of nitrogens with zero attached hydrogens (tertiary/aromatic N) is 1. The molecule has 0 saturated carbocycles. The van der Waals surface area contributed by atoms with E-state index in [0.29, 0.717) is 12.8 Å². The third kappa shape index (κ3) is 2.99. The molecular weight excluding hydrogens is 262 g/mol. The number of ether oxygens (including phenoxy) is 1. The Labute approximate surface area is 106 Å². The second-order valence-electron chi connectivity index (χ2n) is 4.22. The number of methoxy groups -OCH3 is 1. The number of esters is 1. The Morgan fingerprint density at radius 2 is 1.83 bits per heavy atom. The summed E-state index contributed by atoms with van der Waals surface area (Å²) in [6, 6.07) is 0. The molecule has 18 heavy (non-hydrogen) atoms. The van der Waals surface area contributed by atoms with Crippen molar-refractivity contribution in [3.05, 3.63) is 0 Å². The van der Waals surface area contributed by atoms with Gasteiger partial charge in [-0.3, -0.25) is 9.59 Å². The van der Waals surface area contributed by atoms with Gasteiger partial charge in [0.2, 0.25) is 10.0 Å². The van der Waals surface area contributed by atoms with Crippen LogP contribution in [0.5, 0.6) is 0 Å². The number of piperidine rings is 1. The molecule has 104 valence electrons. The molecule has 0 radical (unpaired) electrons. The molecule has 1 fully saturated rings. The van der Waals surface area contributed by atoms with Gasteiger partial charge in [0, 0.05) is 13.1 Å². The van der Waals surface area contributed by atoms with E-state index in [9.17, 15) is 18.0 Å². The normalized spacial score (nSPS) is 20.3. The summed E-state index contributed by atoms with van der Waals surface area (Å²) in [5.74, 6) is -2.02. The van der Waals surface area contributed by atoms with Gasteiger partial charge in [0.25, 0.3) is 0 Å². The van der Waals surface area contributed by atoms with Crippen LogP contribution >= 0.6 is 0 Å². The fourth-order valence-electron chi connectivity index (χ4n) is 1.86. The summed E-state index contributed by atoms with van der Waals surface area (Å²) in [7, 11) is -2.55. The number of hydrogen-bond acceptors (Lipinski definition) is 5. The van der Waals surface area contributed by atoms with Crippen molar-refractivity contribution < 1.29 is 27.9 Å². The van der Waals surface area contributed by atoms with E-state index in [0.717, 1.165) is 11.2 Å². The predicted molar refractivity (Wildman–Crippen MR) is 62.3 cm³/mol. The third-order valence-electron chi connectivity index (χ3n) is 3.14. The maximum atomic E-state index is 11.9. The molecule has 8 heteroatoms. The minimum absolute atomic E-state index is 0.153. The first-order valence-corrected chi connectivity index (χ1v) is 7.10. The first kappa shape index (κ1) is 14.9. The van der Waals surface area contributed by atoms with Gasteiger partial charge in [-0.2, -0.15) is 0 Å². The van der Waals surface area contributed by atoms with E-state index in [-0.39, 0.29) is 25.0 Å². The SMILES string of the molecule is COC(=O)C1CCN(S(=O)(=O)C(C)C(=O)O)CC1. The fourth-order valence-corrected chi connectivity index (χ4v) is 3.29. The molecule has 1 saturated heterocycles. The van der Waals surface area contributed by atoms with Gasteiger partial charge in [-0.1, -0.05) is 0 Å². The van der Waals surface area contributed by atoms with Crippen LogP contribution in [0.2, 0.25) is 0 Å². The number of carboxylic acid groups (broad SMARTS) is 1. The van der Waals surface area contributed by atoms with Gasteiger partial charge < -0.3 is 9.84 Å². The molecular formula is C10H17NO6S. The molecule has 0 aromatic heterocycles. The van der Waals surface area contributed by atoms with E-state index >= 15 is 0 Å². The van der Waals surface area contributed by atoms with Crippen molar-refractivity contribution in [2.75, 3.05) is 20.2 Å². The smallest absolute Gasteiger partial charge is 0.323 e. The zero-order chi connectivity index (χ0) is 13.9. The summed E-state index contributed by atoms with van der Waals surface area (Å²) in [6.07, 6.45) is 0.719. The van der Waals surface area contributed by atoms with Crippen LogP contribution < -0.4 is 0 Å². The van der Waals surface area contributed by atoms with Gasteiger partial charge in [0.15, 0.2) is 5.25 Å². The molecule has 1 unspecified atom stereocenters. The van der Waals surface area contributed by atoms with Crippen LogP contribution in [0.3, 0.4) is 0 Å². The number of carboxylic acids is 1. The van der Waals surface area contributed by atoms with Crippen LogP contribution in [-0.4, -0.2) is 55.2 Å². The predicted octanol–water partition coefficient (Wildman–Crippen LogP) is -0.326. The first-order chi connectivity index (χ1) is 8.30. The largest absolute Gasteiger partial charge is 0.480 e. The van der Waals surface area contributed by atoms with Crippen LogP contribution in [0.25, 0.3) is 0 Å². The number of hydrogen-bond donors (Lipinski definition) is 1. The second kappa shape index (κ2) is 5.66. The Hall–Kier alpha value is -1.15. The Balaban J connectivity index is 2.68. The molecule has 0 aromatic rings. The lowest BCUT2D eigenvalue weighted by Gasteiger charge is -2.30. The zero-order valence-corrected chi connectivity index (χ0v) is 11.1. The highest BCUT2D eigenvalue weighted by atomic mass is 32.2. The Bertz CT molecular complexity index is 424. The van der Waals surface area contributed by atoms with E-state index in [2.05, 4.69) is 4.74 Å². The molecule has 0 aliphatic carbocycles. The summed E-state index contributed by atoms with van der Waals surface area (Å²) >= 11 is 0. The van der Waals surface area contributed by atoms with E-state index in [1.807, 2.05) is 0 Å². The Morgan fingerprint density at radius 1 is 1.33 bits per heavy atom. The summed E-state index contributed by atoms with van der Waals surface area (Å²) in [5.41, 5.74) is 0.